The molecule has 0 saturated carbocycles. The molecule has 0 atom stereocenters. The minimum atomic E-state index is 0.859. The second kappa shape index (κ2) is 5.28. The van der Waals surface area contributed by atoms with Crippen LogP contribution in [0.5, 0.6) is 0 Å². The van der Waals surface area contributed by atoms with Crippen molar-refractivity contribution in [1.29, 1.82) is 0 Å². The van der Waals surface area contributed by atoms with Crippen LogP contribution in [0.1, 0.15) is 5.69 Å². The summed E-state index contributed by atoms with van der Waals surface area (Å²) in [6.07, 6.45) is 1.79. The lowest BCUT2D eigenvalue weighted by Crippen LogP contribution is -2.12. The third kappa shape index (κ3) is 2.04. The van der Waals surface area contributed by atoms with Gasteiger partial charge in [0.2, 0.25) is 0 Å². The predicted octanol–water partition coefficient (Wildman–Crippen LogP) is 4.11. The molecule has 124 valence electrons. The van der Waals surface area contributed by atoms with Gasteiger partial charge < -0.3 is 9.30 Å². The van der Waals surface area contributed by atoms with Crippen LogP contribution >= 0.6 is 15.9 Å². The van der Waals surface area contributed by atoms with Crippen LogP contribution in [-0.4, -0.2) is 38.0 Å². The van der Waals surface area contributed by atoms with Crippen molar-refractivity contribution >= 4 is 48.9 Å². The summed E-state index contributed by atoms with van der Waals surface area (Å²) in [5, 5.41) is 10.9. The van der Waals surface area contributed by atoms with Crippen molar-refractivity contribution in [2.45, 2.75) is 6.54 Å². The Kier molecular flexibility index (Phi) is 3.14. The van der Waals surface area contributed by atoms with Crippen molar-refractivity contribution in [2.75, 3.05) is 14.1 Å². The van der Waals surface area contributed by atoms with E-state index in [1.165, 1.54) is 16.6 Å². The first-order valence-electron chi connectivity index (χ1n) is 8.13. The van der Waals surface area contributed by atoms with Gasteiger partial charge in [-0.25, -0.2) is 0 Å². The summed E-state index contributed by atoms with van der Waals surface area (Å²) < 4.78 is 5.46. The van der Waals surface area contributed by atoms with Crippen LogP contribution in [0, 0.1) is 0 Å². The number of hydrogen-bond donors (Lipinski definition) is 0. The Balaban J connectivity index is 2.19. The van der Waals surface area contributed by atoms with E-state index in [1.807, 2.05) is 0 Å². The fourth-order valence-electron chi connectivity index (χ4n) is 3.69. The summed E-state index contributed by atoms with van der Waals surface area (Å²) in [5.74, 6) is 0. The van der Waals surface area contributed by atoms with Crippen LogP contribution in [0.15, 0.2) is 53.3 Å². The molecule has 3 heterocycles. The molecular weight excluding hydrogens is 378 g/mol. The summed E-state index contributed by atoms with van der Waals surface area (Å²) in [7, 11) is 4.19. The van der Waals surface area contributed by atoms with Crippen LogP contribution in [0.3, 0.4) is 0 Å². The second-order valence-electron chi connectivity index (χ2n) is 6.58. The largest absolute Gasteiger partial charge is 0.309 e. The van der Waals surface area contributed by atoms with E-state index in [1.54, 1.807) is 6.33 Å². The molecule has 25 heavy (non-hydrogen) atoms. The van der Waals surface area contributed by atoms with E-state index in [0.717, 1.165) is 33.1 Å². The van der Waals surface area contributed by atoms with E-state index < -0.39 is 0 Å². The molecule has 0 fully saturated rings. The quantitative estimate of drug-likeness (QED) is 0.452. The Bertz CT molecular complexity index is 1270. The second-order valence-corrected chi connectivity index (χ2v) is 7.44. The molecule has 0 unspecified atom stereocenters. The van der Waals surface area contributed by atoms with Crippen molar-refractivity contribution in [3.63, 3.8) is 0 Å². The molecule has 0 aliphatic carbocycles. The Morgan fingerprint density at radius 1 is 1.08 bits per heavy atom. The Hall–Kier alpha value is -2.44. The van der Waals surface area contributed by atoms with Crippen LogP contribution in [0.4, 0.5) is 0 Å². The molecule has 5 rings (SSSR count). The van der Waals surface area contributed by atoms with Crippen LogP contribution in [0.2, 0.25) is 0 Å². The molecule has 0 aliphatic rings. The van der Waals surface area contributed by atoms with Gasteiger partial charge in [0.1, 0.15) is 6.33 Å². The number of benzene rings is 2. The molecule has 0 spiro atoms. The Labute approximate surface area is 152 Å². The van der Waals surface area contributed by atoms with Gasteiger partial charge in [-0.3, -0.25) is 4.40 Å². The fourth-order valence-corrected chi connectivity index (χ4v) is 4.19. The zero-order valence-electron chi connectivity index (χ0n) is 13.9. The normalized spacial score (nSPS) is 12.3. The average Bonchev–Trinajstić information content (AvgIpc) is 3.16. The maximum atomic E-state index is 4.43. The number of para-hydroxylation sites is 2. The highest BCUT2D eigenvalue weighted by molar-refractivity contribution is 9.10. The lowest BCUT2D eigenvalue weighted by atomic mass is 10.2. The van der Waals surface area contributed by atoms with E-state index in [0.29, 0.717) is 0 Å². The standard InChI is InChI=1S/C19H16BrN5/c1-23(2)10-13-9-12-7-8-14(20)17-18(12)25(13)16-6-4-3-5-15(16)24-11-21-22-19(17)24/h3-9,11H,10H2,1-2H3. The van der Waals surface area contributed by atoms with Gasteiger partial charge in [-0.2, -0.15) is 0 Å². The van der Waals surface area contributed by atoms with Gasteiger partial charge in [0.15, 0.2) is 5.65 Å². The van der Waals surface area contributed by atoms with E-state index in [-0.39, 0.29) is 0 Å². The molecule has 3 aromatic heterocycles. The highest BCUT2D eigenvalue weighted by Gasteiger charge is 2.17. The zero-order valence-corrected chi connectivity index (χ0v) is 15.5. The van der Waals surface area contributed by atoms with Crippen LogP contribution < -0.4 is 0 Å². The van der Waals surface area contributed by atoms with Gasteiger partial charge in [0, 0.05) is 22.1 Å². The van der Waals surface area contributed by atoms with Gasteiger partial charge in [0.25, 0.3) is 0 Å². The van der Waals surface area contributed by atoms with Crippen molar-refractivity contribution in [3.05, 3.63) is 59.0 Å². The van der Waals surface area contributed by atoms with Crippen molar-refractivity contribution in [1.82, 2.24) is 23.9 Å². The minimum Gasteiger partial charge on any atom is -0.309 e. The third-order valence-electron chi connectivity index (χ3n) is 4.62. The maximum Gasteiger partial charge on any atom is 0.171 e. The monoisotopic (exact) mass is 393 g/mol. The van der Waals surface area contributed by atoms with E-state index in [9.17, 15) is 0 Å². The summed E-state index contributed by atoms with van der Waals surface area (Å²) in [4.78, 5) is 2.19. The Morgan fingerprint density at radius 3 is 2.68 bits per heavy atom. The molecule has 2 aromatic carbocycles. The first-order chi connectivity index (χ1) is 12.1. The SMILES string of the molecule is CN(C)Cc1cc2ccc(Br)c3c4nncn4c4ccccc4n1c23. The molecule has 0 radical (unpaired) electrons. The smallest absolute Gasteiger partial charge is 0.171 e. The lowest BCUT2D eigenvalue weighted by Gasteiger charge is -2.10. The van der Waals surface area contributed by atoms with Gasteiger partial charge >= 0.3 is 0 Å². The number of rotatable bonds is 2. The first-order valence-corrected chi connectivity index (χ1v) is 8.92. The van der Waals surface area contributed by atoms with Crippen molar-refractivity contribution < 1.29 is 0 Å². The molecule has 5 nitrogen and oxygen atoms in total. The average molecular weight is 394 g/mol. The van der Waals surface area contributed by atoms with Crippen LogP contribution in [0.25, 0.3) is 33.0 Å². The number of aromatic nitrogens is 4. The first kappa shape index (κ1) is 14.9. The van der Waals surface area contributed by atoms with Crippen molar-refractivity contribution in [2.24, 2.45) is 0 Å². The van der Waals surface area contributed by atoms with E-state index in [2.05, 4.69) is 96.4 Å². The topological polar surface area (TPSA) is 37.8 Å². The summed E-state index contributed by atoms with van der Waals surface area (Å²) in [6, 6.07) is 14.9. The molecule has 0 saturated heterocycles. The third-order valence-corrected chi connectivity index (χ3v) is 5.28. The number of hydrogen-bond acceptors (Lipinski definition) is 3. The predicted molar refractivity (Wildman–Crippen MR) is 104 cm³/mol. The minimum absolute atomic E-state index is 0.859. The maximum absolute atomic E-state index is 4.43. The van der Waals surface area contributed by atoms with Gasteiger partial charge in [0.05, 0.1) is 21.9 Å². The van der Waals surface area contributed by atoms with E-state index >= 15 is 0 Å². The molecule has 0 amide bonds. The molecule has 5 aromatic rings. The lowest BCUT2D eigenvalue weighted by molar-refractivity contribution is 0.396. The number of fused-ring (bicyclic) bond motifs is 5. The molecular formula is C19H16BrN5. The summed E-state index contributed by atoms with van der Waals surface area (Å²) >= 11 is 3.73. The Morgan fingerprint density at radius 2 is 1.88 bits per heavy atom. The summed E-state index contributed by atoms with van der Waals surface area (Å²) in [5.41, 5.74) is 5.52. The molecule has 0 N–H and O–H groups in total. The highest BCUT2D eigenvalue weighted by Crippen LogP contribution is 2.35. The van der Waals surface area contributed by atoms with Crippen molar-refractivity contribution in [3.8, 4) is 0 Å². The highest BCUT2D eigenvalue weighted by atomic mass is 79.9. The van der Waals surface area contributed by atoms with Gasteiger partial charge in [-0.05, 0) is 54.3 Å². The zero-order chi connectivity index (χ0) is 17.1. The molecule has 6 heteroatoms. The number of nitrogens with zero attached hydrogens (tertiary/aromatic N) is 5. The van der Waals surface area contributed by atoms with E-state index in [4.69, 9.17) is 0 Å². The molecule has 0 aliphatic heterocycles. The van der Waals surface area contributed by atoms with Gasteiger partial charge in [-0.1, -0.05) is 18.2 Å². The van der Waals surface area contributed by atoms with Crippen LogP contribution in [-0.2, 0) is 6.54 Å². The summed E-state index contributed by atoms with van der Waals surface area (Å²) in [6.45, 7) is 0.862. The fraction of sp³-hybridized carbons (Fsp3) is 0.158. The molecule has 0 bridgehead atoms. The number of halogens is 1. The van der Waals surface area contributed by atoms with Gasteiger partial charge in [-0.15, -0.1) is 10.2 Å².